The van der Waals surface area contributed by atoms with Crippen LogP contribution >= 0.6 is 22.9 Å². The van der Waals surface area contributed by atoms with E-state index in [9.17, 15) is 18.8 Å². The third-order valence-electron chi connectivity index (χ3n) is 4.57. The number of urea groups is 1. The zero-order chi connectivity index (χ0) is 22.8. The molecular formula is C23H14ClFN2O4S. The normalized spacial score (nSPS) is 14.6. The maximum absolute atomic E-state index is 14.3. The minimum atomic E-state index is -1.07. The van der Waals surface area contributed by atoms with E-state index < -0.39 is 23.7 Å². The molecule has 0 fully saturated rings. The lowest BCUT2D eigenvalue weighted by atomic mass is 10.0. The number of esters is 1. The molecule has 1 aliphatic rings. The zero-order valence-electron chi connectivity index (χ0n) is 16.2. The highest BCUT2D eigenvalue weighted by Crippen LogP contribution is 2.44. The third kappa shape index (κ3) is 4.05. The van der Waals surface area contributed by atoms with Crippen molar-refractivity contribution >= 4 is 63.9 Å². The van der Waals surface area contributed by atoms with Crippen LogP contribution in [0.5, 0.6) is 0 Å². The van der Waals surface area contributed by atoms with E-state index in [0.29, 0.717) is 9.78 Å². The van der Waals surface area contributed by atoms with Crippen LogP contribution in [0.25, 0.3) is 17.4 Å². The molecule has 0 atom stereocenters. The monoisotopic (exact) mass is 468 g/mol. The summed E-state index contributed by atoms with van der Waals surface area (Å²) in [4.78, 5) is 38.8. The smallest absolute Gasteiger partial charge is 0.336 e. The summed E-state index contributed by atoms with van der Waals surface area (Å²) in [6, 6.07) is 13.5. The van der Waals surface area contributed by atoms with Crippen molar-refractivity contribution in [2.45, 2.75) is 0 Å². The number of primary amides is 1. The third-order valence-corrected chi connectivity index (χ3v) is 5.73. The molecule has 0 radical (unpaired) electrons. The average Bonchev–Trinajstić information content (AvgIpc) is 3.38. The summed E-state index contributed by atoms with van der Waals surface area (Å²) < 4.78 is 19.8. The van der Waals surface area contributed by atoms with Crippen LogP contribution in [-0.4, -0.2) is 17.9 Å². The van der Waals surface area contributed by atoms with Crippen molar-refractivity contribution in [2.24, 2.45) is 5.73 Å². The number of nitrogens with two attached hydrogens (primary N) is 1. The van der Waals surface area contributed by atoms with Crippen molar-refractivity contribution in [3.8, 4) is 0 Å². The highest BCUT2D eigenvalue weighted by molar-refractivity contribution is 7.11. The quantitative estimate of drug-likeness (QED) is 0.328. The molecule has 2 aromatic carbocycles. The van der Waals surface area contributed by atoms with Gasteiger partial charge < -0.3 is 10.5 Å². The van der Waals surface area contributed by atoms with Crippen molar-refractivity contribution in [2.75, 3.05) is 4.90 Å². The number of carbonyl (C=O) groups excluding carboxylic acids is 3. The van der Waals surface area contributed by atoms with Crippen molar-refractivity contribution in [3.63, 3.8) is 0 Å². The van der Waals surface area contributed by atoms with Crippen molar-refractivity contribution in [1.29, 1.82) is 0 Å². The van der Waals surface area contributed by atoms with E-state index in [1.54, 1.807) is 35.7 Å². The number of hydrogen-bond donors (Lipinski definition) is 1. The number of nitrogens with zero attached hydrogens (tertiary/aromatic N) is 1. The lowest BCUT2D eigenvalue weighted by molar-refractivity contribution is -0.131. The Hall–Kier alpha value is -3.75. The number of carbonyl (C=O) groups is 3. The number of rotatable bonds is 4. The lowest BCUT2D eigenvalue weighted by Crippen LogP contribution is -2.38. The first-order valence-corrected chi connectivity index (χ1v) is 10.5. The van der Waals surface area contributed by atoms with Gasteiger partial charge in [-0.25, -0.2) is 18.9 Å². The molecule has 6 nitrogen and oxygen atoms in total. The van der Waals surface area contributed by atoms with Crippen LogP contribution in [0.2, 0.25) is 5.02 Å². The molecule has 1 aliphatic heterocycles. The van der Waals surface area contributed by atoms with E-state index >= 15 is 0 Å². The number of fused-ring (bicyclic) bond motifs is 1. The summed E-state index contributed by atoms with van der Waals surface area (Å²) in [7, 11) is 0. The largest absolute Gasteiger partial charge is 0.421 e. The van der Waals surface area contributed by atoms with Crippen LogP contribution in [0.4, 0.5) is 14.9 Å². The highest BCUT2D eigenvalue weighted by atomic mass is 35.5. The van der Waals surface area contributed by atoms with Gasteiger partial charge in [-0.05, 0) is 35.2 Å². The fourth-order valence-electron chi connectivity index (χ4n) is 3.19. The Morgan fingerprint density at radius 1 is 1.12 bits per heavy atom. The summed E-state index contributed by atoms with van der Waals surface area (Å²) in [6.45, 7) is 0. The van der Waals surface area contributed by atoms with Crippen molar-refractivity contribution < 1.29 is 23.5 Å². The molecular weight excluding hydrogens is 455 g/mol. The van der Waals surface area contributed by atoms with E-state index in [1.807, 2.05) is 18.2 Å². The molecule has 0 aliphatic carbocycles. The molecule has 4 rings (SSSR count). The number of anilines is 1. The molecule has 3 aromatic rings. The van der Waals surface area contributed by atoms with Crippen LogP contribution in [0.1, 0.15) is 16.0 Å². The molecule has 0 bridgehead atoms. The standard InChI is InChI=1S/C23H14ClFN2O4S/c24-15-12-17-14(11-16(15)25)20(22(29)27(17)23(26)30)21(18-7-4-10-32-18)31-19(28)9-8-13-5-2-1-3-6-13/h1-12H,(H2,26,30). The molecule has 0 spiro atoms. The summed E-state index contributed by atoms with van der Waals surface area (Å²) in [5.41, 5.74) is 6.03. The lowest BCUT2D eigenvalue weighted by Gasteiger charge is -2.12. The SMILES string of the molecule is NC(=O)N1C(=O)C(=C(OC(=O)C=Cc2ccccc2)c2cccs2)c2cc(F)c(Cl)cc21. The van der Waals surface area contributed by atoms with Crippen molar-refractivity contribution in [1.82, 2.24) is 0 Å². The van der Waals surface area contributed by atoms with Gasteiger partial charge in [-0.3, -0.25) is 4.79 Å². The molecule has 160 valence electrons. The number of benzene rings is 2. The Kier molecular flexibility index (Phi) is 5.89. The second-order valence-electron chi connectivity index (χ2n) is 6.61. The van der Waals surface area contributed by atoms with E-state index in [0.717, 1.165) is 17.7 Å². The van der Waals surface area contributed by atoms with Gasteiger partial charge in [-0.1, -0.05) is 48.0 Å². The Morgan fingerprint density at radius 3 is 2.53 bits per heavy atom. The van der Waals surface area contributed by atoms with E-state index in [-0.39, 0.29) is 27.6 Å². The first kappa shape index (κ1) is 21.5. The summed E-state index contributed by atoms with van der Waals surface area (Å²) in [5.74, 6) is -2.52. The maximum Gasteiger partial charge on any atom is 0.336 e. The highest BCUT2D eigenvalue weighted by Gasteiger charge is 2.40. The Morgan fingerprint density at radius 2 is 1.88 bits per heavy atom. The first-order chi connectivity index (χ1) is 15.4. The summed E-state index contributed by atoms with van der Waals surface area (Å²) in [5, 5.41) is 1.43. The molecule has 0 saturated carbocycles. The van der Waals surface area contributed by atoms with Gasteiger partial charge in [-0.2, -0.15) is 0 Å². The number of amides is 3. The van der Waals surface area contributed by atoms with Gasteiger partial charge in [0.2, 0.25) is 0 Å². The molecule has 2 heterocycles. The molecule has 0 unspecified atom stereocenters. The maximum atomic E-state index is 14.3. The van der Waals surface area contributed by atoms with Crippen LogP contribution in [0.3, 0.4) is 0 Å². The number of ether oxygens (including phenoxy) is 1. The molecule has 2 N–H and O–H groups in total. The fraction of sp³-hybridized carbons (Fsp3) is 0. The average molecular weight is 469 g/mol. The number of imide groups is 1. The van der Waals surface area contributed by atoms with Gasteiger partial charge in [0.25, 0.3) is 5.91 Å². The second kappa shape index (κ2) is 8.78. The van der Waals surface area contributed by atoms with Gasteiger partial charge in [-0.15, -0.1) is 11.3 Å². The number of halogens is 2. The Labute approximate surface area is 191 Å². The molecule has 3 amide bonds. The fourth-order valence-corrected chi connectivity index (χ4v) is 4.06. The van der Waals surface area contributed by atoms with Crippen LogP contribution < -0.4 is 10.6 Å². The molecule has 0 saturated heterocycles. The predicted molar refractivity (Wildman–Crippen MR) is 121 cm³/mol. The van der Waals surface area contributed by atoms with Gasteiger partial charge in [0.05, 0.1) is 21.2 Å². The first-order valence-electron chi connectivity index (χ1n) is 9.23. The molecule has 9 heteroatoms. The topological polar surface area (TPSA) is 89.7 Å². The molecule has 1 aromatic heterocycles. The van der Waals surface area contributed by atoms with Gasteiger partial charge in [0.15, 0.2) is 5.76 Å². The number of thiophene rings is 1. The summed E-state index contributed by atoms with van der Waals surface area (Å²) >= 11 is 7.05. The summed E-state index contributed by atoms with van der Waals surface area (Å²) in [6.07, 6.45) is 2.76. The molecule has 32 heavy (non-hydrogen) atoms. The second-order valence-corrected chi connectivity index (χ2v) is 7.96. The van der Waals surface area contributed by atoms with Crippen molar-refractivity contribution in [3.05, 3.63) is 92.9 Å². The van der Waals surface area contributed by atoms with Crippen LogP contribution in [0, 0.1) is 5.82 Å². The predicted octanol–water partition coefficient (Wildman–Crippen LogP) is 5.09. The number of hydrogen-bond acceptors (Lipinski definition) is 5. The zero-order valence-corrected chi connectivity index (χ0v) is 17.8. The minimum absolute atomic E-state index is 0.00818. The Balaban J connectivity index is 1.83. The Bertz CT molecular complexity index is 1290. The van der Waals surface area contributed by atoms with E-state index in [4.69, 9.17) is 22.1 Å². The van der Waals surface area contributed by atoms with Gasteiger partial charge in [0.1, 0.15) is 5.82 Å². The minimum Gasteiger partial charge on any atom is -0.421 e. The van der Waals surface area contributed by atoms with E-state index in [1.165, 1.54) is 17.4 Å². The van der Waals surface area contributed by atoms with Gasteiger partial charge in [0, 0.05) is 11.6 Å². The van der Waals surface area contributed by atoms with Crippen LogP contribution in [-0.2, 0) is 14.3 Å². The van der Waals surface area contributed by atoms with Crippen LogP contribution in [0.15, 0.2) is 66.1 Å². The van der Waals surface area contributed by atoms with Gasteiger partial charge >= 0.3 is 12.0 Å². The van der Waals surface area contributed by atoms with E-state index in [2.05, 4.69) is 0 Å².